The largest absolute Gasteiger partial charge is 0.494 e. The molecule has 3 heteroatoms. The zero-order chi connectivity index (χ0) is 33.0. The van der Waals surface area contributed by atoms with Crippen LogP contribution in [0.25, 0.3) is 0 Å². The molecule has 0 aliphatic heterocycles. The molecular formula is C43H70O3. The molecule has 0 amide bonds. The Kier molecular flexibility index (Phi) is 30.5. The van der Waals surface area contributed by atoms with Crippen molar-refractivity contribution in [2.24, 2.45) is 0 Å². The molecule has 1 aromatic rings. The minimum Gasteiger partial charge on any atom is -0.494 e. The van der Waals surface area contributed by atoms with E-state index in [-0.39, 0.29) is 0 Å². The Labute approximate surface area is 285 Å². The predicted molar refractivity (Wildman–Crippen MR) is 202 cm³/mol. The number of allylic oxidation sites excluding steroid dienone is 8. The molecule has 0 saturated carbocycles. The van der Waals surface area contributed by atoms with Crippen molar-refractivity contribution in [3.05, 3.63) is 72.4 Å². The summed E-state index contributed by atoms with van der Waals surface area (Å²) in [6, 6.07) is 5.63. The molecule has 0 unspecified atom stereocenters. The van der Waals surface area contributed by atoms with Gasteiger partial charge in [-0.2, -0.15) is 0 Å². The Morgan fingerprint density at radius 3 is 1.35 bits per heavy atom. The summed E-state index contributed by atoms with van der Waals surface area (Å²) in [7, 11) is 0. The van der Waals surface area contributed by atoms with Crippen molar-refractivity contribution in [3.63, 3.8) is 0 Å². The average molecular weight is 635 g/mol. The van der Waals surface area contributed by atoms with E-state index < -0.39 is 0 Å². The molecule has 0 fully saturated rings. The van der Waals surface area contributed by atoms with Crippen molar-refractivity contribution in [3.8, 4) is 11.5 Å². The van der Waals surface area contributed by atoms with E-state index in [4.69, 9.17) is 9.47 Å². The van der Waals surface area contributed by atoms with Gasteiger partial charge in [-0.1, -0.05) is 140 Å². The molecule has 0 saturated heterocycles. The number of carbonyl (C=O) groups is 1. The summed E-state index contributed by atoms with van der Waals surface area (Å²) in [6.07, 6.45) is 49.0. The summed E-state index contributed by atoms with van der Waals surface area (Å²) in [5.41, 5.74) is 0.578. The first-order valence-corrected chi connectivity index (χ1v) is 19.3. The Balaban J connectivity index is 1.99. The summed E-state index contributed by atoms with van der Waals surface area (Å²) in [6.45, 7) is 5.86. The van der Waals surface area contributed by atoms with Gasteiger partial charge in [0.25, 0.3) is 0 Å². The van der Waals surface area contributed by atoms with E-state index in [2.05, 4.69) is 62.5 Å². The lowest BCUT2D eigenvalue weighted by atomic mass is 10.1. The minimum atomic E-state index is 0.578. The molecule has 0 N–H and O–H groups in total. The minimum absolute atomic E-state index is 0.578. The van der Waals surface area contributed by atoms with Crippen LogP contribution in [0, 0.1) is 0 Å². The average Bonchev–Trinajstić information content (AvgIpc) is 3.07. The number of aldehydes is 1. The molecular weight excluding hydrogens is 564 g/mol. The van der Waals surface area contributed by atoms with Gasteiger partial charge in [0.05, 0.1) is 18.8 Å². The first-order valence-electron chi connectivity index (χ1n) is 19.3. The molecule has 0 atom stereocenters. The van der Waals surface area contributed by atoms with Crippen LogP contribution in [0.2, 0.25) is 0 Å². The number of rotatable bonds is 33. The molecule has 0 aromatic heterocycles. The summed E-state index contributed by atoms with van der Waals surface area (Å²) in [5, 5.41) is 0. The van der Waals surface area contributed by atoms with Crippen molar-refractivity contribution < 1.29 is 14.3 Å². The first-order chi connectivity index (χ1) is 22.8. The van der Waals surface area contributed by atoms with E-state index in [0.717, 1.165) is 37.7 Å². The van der Waals surface area contributed by atoms with Gasteiger partial charge in [-0.25, -0.2) is 0 Å². The predicted octanol–water partition coefficient (Wildman–Crippen LogP) is 13.9. The summed E-state index contributed by atoms with van der Waals surface area (Å²) in [5.74, 6) is 1.42. The van der Waals surface area contributed by atoms with E-state index in [1.165, 1.54) is 128 Å². The number of carbonyl (C=O) groups excluding carboxylic acids is 1. The number of hydrogen-bond acceptors (Lipinski definition) is 3. The van der Waals surface area contributed by atoms with Gasteiger partial charge < -0.3 is 9.47 Å². The number of hydrogen-bond donors (Lipinski definition) is 0. The highest BCUT2D eigenvalue weighted by atomic mass is 16.5. The Hall–Kier alpha value is -2.55. The van der Waals surface area contributed by atoms with Gasteiger partial charge in [-0.3, -0.25) is 4.79 Å². The van der Waals surface area contributed by atoms with Crippen LogP contribution in [0.15, 0.2) is 66.8 Å². The van der Waals surface area contributed by atoms with Crippen LogP contribution in [0.5, 0.6) is 11.5 Å². The highest BCUT2D eigenvalue weighted by Crippen LogP contribution is 2.24. The molecule has 46 heavy (non-hydrogen) atoms. The van der Waals surface area contributed by atoms with Crippen molar-refractivity contribution in [2.45, 2.75) is 168 Å². The van der Waals surface area contributed by atoms with Crippen molar-refractivity contribution in [1.29, 1.82) is 0 Å². The molecule has 0 spiro atoms. The zero-order valence-electron chi connectivity index (χ0n) is 30.0. The summed E-state index contributed by atoms with van der Waals surface area (Å²) in [4.78, 5) is 11.6. The second kappa shape index (κ2) is 33.8. The van der Waals surface area contributed by atoms with E-state index in [0.29, 0.717) is 24.5 Å². The summed E-state index contributed by atoms with van der Waals surface area (Å²) >= 11 is 0. The van der Waals surface area contributed by atoms with Crippen LogP contribution in [0.3, 0.4) is 0 Å². The lowest BCUT2D eigenvalue weighted by molar-refractivity contribution is 0.111. The molecule has 3 nitrogen and oxygen atoms in total. The monoisotopic (exact) mass is 635 g/mol. The van der Waals surface area contributed by atoms with Crippen LogP contribution in [-0.4, -0.2) is 19.5 Å². The van der Waals surface area contributed by atoms with Crippen molar-refractivity contribution in [2.75, 3.05) is 13.2 Å². The van der Waals surface area contributed by atoms with Gasteiger partial charge in [-0.05, 0) is 95.2 Å². The fraction of sp³-hybridized carbons (Fsp3) is 0.651. The lowest BCUT2D eigenvalue weighted by Crippen LogP contribution is -2.02. The normalized spacial score (nSPS) is 12.0. The summed E-state index contributed by atoms with van der Waals surface area (Å²) < 4.78 is 11.9. The van der Waals surface area contributed by atoms with Crippen molar-refractivity contribution in [1.82, 2.24) is 0 Å². The van der Waals surface area contributed by atoms with Crippen LogP contribution in [0.1, 0.15) is 178 Å². The molecule has 0 radical (unpaired) electrons. The van der Waals surface area contributed by atoms with Crippen molar-refractivity contribution >= 4 is 6.29 Å². The third-order valence-electron chi connectivity index (χ3n) is 8.32. The lowest BCUT2D eigenvalue weighted by Gasteiger charge is -2.11. The Bertz CT molecular complexity index is 926. The van der Waals surface area contributed by atoms with Gasteiger partial charge in [0, 0.05) is 0 Å². The smallest absolute Gasteiger partial charge is 0.153 e. The molecule has 1 aromatic carbocycles. The van der Waals surface area contributed by atoms with Gasteiger partial charge >= 0.3 is 0 Å². The topological polar surface area (TPSA) is 35.5 Å². The van der Waals surface area contributed by atoms with Crippen LogP contribution < -0.4 is 9.47 Å². The number of benzene rings is 1. The van der Waals surface area contributed by atoms with E-state index in [1.54, 1.807) is 0 Å². The fourth-order valence-corrected chi connectivity index (χ4v) is 5.39. The second-order valence-corrected chi connectivity index (χ2v) is 12.7. The van der Waals surface area contributed by atoms with Crippen LogP contribution >= 0.6 is 0 Å². The Morgan fingerprint density at radius 1 is 0.478 bits per heavy atom. The number of ether oxygens (including phenoxy) is 2. The fourth-order valence-electron chi connectivity index (χ4n) is 5.39. The molecule has 0 heterocycles. The van der Waals surface area contributed by atoms with Gasteiger partial charge in [0.15, 0.2) is 6.29 Å². The second-order valence-electron chi connectivity index (χ2n) is 12.7. The highest BCUT2D eigenvalue weighted by Gasteiger charge is 2.06. The standard InChI is InChI=1S/C43H70O3/c1-3-5-7-9-11-13-15-17-19-21-23-25-27-29-31-33-37-45-42-35-36-43(41(39-42)40-44)46-38-34-32-30-28-26-24-22-20-18-16-14-12-10-8-6-4-2/h11-14,17-20,35-36,39-40H,3-10,15-16,21-34,37-38H2,1-2H3/b13-11-,14-12-,19-17-,20-18-. The molecule has 0 aliphatic carbocycles. The highest BCUT2D eigenvalue weighted by molar-refractivity contribution is 5.80. The Morgan fingerprint density at radius 2 is 0.891 bits per heavy atom. The maximum absolute atomic E-state index is 11.6. The third kappa shape index (κ3) is 26.6. The SMILES string of the molecule is CCCCC/C=C\C/C=C\CCCCCCCCOc1ccc(OCCCCCCCC/C=C\C/C=C\CCCCC)c(C=O)c1. The van der Waals surface area contributed by atoms with Gasteiger partial charge in [-0.15, -0.1) is 0 Å². The van der Waals surface area contributed by atoms with E-state index >= 15 is 0 Å². The molecule has 0 aliphatic rings. The van der Waals surface area contributed by atoms with E-state index in [9.17, 15) is 4.79 Å². The zero-order valence-corrected chi connectivity index (χ0v) is 30.0. The van der Waals surface area contributed by atoms with Crippen LogP contribution in [-0.2, 0) is 0 Å². The van der Waals surface area contributed by atoms with Gasteiger partial charge in [0.2, 0.25) is 0 Å². The first kappa shape index (κ1) is 41.5. The molecule has 260 valence electrons. The maximum Gasteiger partial charge on any atom is 0.153 e. The van der Waals surface area contributed by atoms with Gasteiger partial charge in [0.1, 0.15) is 11.5 Å². The van der Waals surface area contributed by atoms with Crippen LogP contribution in [0.4, 0.5) is 0 Å². The van der Waals surface area contributed by atoms with E-state index in [1.807, 2.05) is 18.2 Å². The molecule has 0 bridgehead atoms. The number of unbranched alkanes of at least 4 members (excludes halogenated alkanes) is 18. The maximum atomic E-state index is 11.6. The third-order valence-corrected chi connectivity index (χ3v) is 8.32. The molecule has 1 rings (SSSR count). The quantitative estimate of drug-likeness (QED) is 0.0438.